The first-order chi connectivity index (χ1) is 47.3. The summed E-state index contributed by atoms with van der Waals surface area (Å²) in [7, 11) is 0. The third-order valence-electron chi connectivity index (χ3n) is 11.9. The second kappa shape index (κ2) is 36.4. The maximum atomic E-state index is 14.1. The van der Waals surface area contributed by atoms with Gasteiger partial charge in [-0.15, -0.1) is 0 Å². The summed E-state index contributed by atoms with van der Waals surface area (Å²) in [6.07, 6.45) is -66.7. The Morgan fingerprint density at radius 1 is 0.296 bits per heavy atom. The summed E-state index contributed by atoms with van der Waals surface area (Å²) in [5.74, 6) is -71.7. The van der Waals surface area contributed by atoms with Crippen LogP contribution in [0.25, 0.3) is 0 Å². The van der Waals surface area contributed by atoms with Crippen LogP contribution in [0.15, 0.2) is 36.5 Å². The highest BCUT2D eigenvalue weighted by Gasteiger charge is 2.92. The maximum absolute atomic E-state index is 14.1. The molecule has 0 aromatic carbocycles. The molecule has 3 unspecified atom stereocenters. The van der Waals surface area contributed by atoms with Crippen molar-refractivity contribution in [3.8, 4) is 0 Å². The minimum Gasteiger partial charge on any atom is -0.462 e. The second-order valence-electron chi connectivity index (χ2n) is 21.5. The molecule has 3 atom stereocenters. The Hall–Kier alpha value is -7.79. The Labute approximate surface area is 575 Å². The van der Waals surface area contributed by atoms with Gasteiger partial charge in [0.05, 0.1) is 38.9 Å². The number of hydrogen-bond acceptors (Lipinski definition) is 17. The first-order valence-corrected chi connectivity index (χ1v) is 27.1. The summed E-state index contributed by atoms with van der Waals surface area (Å²) in [6, 6.07) is 0. The number of alkyl halides is 39. The molecule has 0 aliphatic heterocycles. The molecule has 0 N–H and O–H groups in total. The van der Waals surface area contributed by atoms with Gasteiger partial charge in [0, 0.05) is 37.5 Å². The summed E-state index contributed by atoms with van der Waals surface area (Å²) in [4.78, 5) is 90.1. The van der Waals surface area contributed by atoms with Gasteiger partial charge in [0.15, 0.2) is 6.61 Å². The van der Waals surface area contributed by atoms with Crippen molar-refractivity contribution in [3.63, 3.8) is 0 Å². The molecule has 56 heteroatoms. The molecule has 0 fully saturated rings. The van der Waals surface area contributed by atoms with Crippen molar-refractivity contribution in [2.45, 2.75) is 193 Å². The highest BCUT2D eigenvalue weighted by molar-refractivity contribution is 5.89. The Bertz CT molecular complexity index is 3070. The molecule has 17 nitrogen and oxygen atoms in total. The molecule has 0 amide bonds. The molecule has 0 aliphatic rings. The predicted octanol–water partition coefficient (Wildman–Crippen LogP) is 15.0. The van der Waals surface area contributed by atoms with Crippen molar-refractivity contribution in [2.75, 3.05) is 46.2 Å². The van der Waals surface area contributed by atoms with E-state index in [9.17, 15) is 210 Å². The molecule has 0 saturated carbocycles. The topological polar surface area (TPSA) is 220 Å². The van der Waals surface area contributed by atoms with E-state index in [0.717, 1.165) is 6.92 Å². The molecule has 0 aliphatic carbocycles. The van der Waals surface area contributed by atoms with Crippen LogP contribution in [0.5, 0.6) is 0 Å². The van der Waals surface area contributed by atoms with Gasteiger partial charge in [-0.2, -0.15) is 158 Å². The van der Waals surface area contributed by atoms with Gasteiger partial charge in [-0.05, 0) is 20.8 Å². The van der Waals surface area contributed by atoms with Crippen molar-refractivity contribution in [1.29, 1.82) is 0 Å². The van der Waals surface area contributed by atoms with Crippen LogP contribution in [-0.2, 0) is 81.0 Å². The average Bonchev–Trinajstić information content (AvgIpc) is 0.726. The van der Waals surface area contributed by atoms with E-state index in [4.69, 9.17) is 0 Å². The van der Waals surface area contributed by atoms with Gasteiger partial charge in [0.25, 0.3) is 0 Å². The number of hydrogen-bond donors (Lipinski definition) is 0. The smallest absolute Gasteiger partial charge is 0.438 e. The van der Waals surface area contributed by atoms with Crippen molar-refractivity contribution in [2.24, 2.45) is 0 Å². The number of carbonyl (C=O) groups excluding carboxylic acids is 8. The lowest BCUT2D eigenvalue weighted by Gasteiger charge is -2.40. The maximum Gasteiger partial charge on any atom is 0.438 e. The minimum atomic E-state index is -7.85. The Balaban J connectivity index is -0.00000153. The van der Waals surface area contributed by atoms with Crippen LogP contribution < -0.4 is 0 Å². The average molecular weight is 1690 g/mol. The van der Waals surface area contributed by atoms with E-state index >= 15 is 0 Å². The Morgan fingerprint density at radius 2 is 0.528 bits per heavy atom. The van der Waals surface area contributed by atoms with Crippen LogP contribution in [0.1, 0.15) is 67.2 Å². The van der Waals surface area contributed by atoms with Crippen LogP contribution in [0.4, 0.5) is 171 Å². The van der Waals surface area contributed by atoms with Crippen LogP contribution in [0, 0.1) is 0 Å². The summed E-state index contributed by atoms with van der Waals surface area (Å²) in [5, 5.41) is 0. The molecule has 0 heterocycles. The lowest BCUT2D eigenvalue weighted by molar-refractivity contribution is -0.428. The Morgan fingerprint density at radius 3 is 0.787 bits per heavy atom. The molecule has 0 rings (SSSR count). The molecule has 0 bridgehead atoms. The monoisotopic (exact) mass is 1690 g/mol. The normalized spacial score (nSPS) is 14.7. The van der Waals surface area contributed by atoms with E-state index in [1.807, 2.05) is 0 Å². The molecular weight excluding hydrogens is 1640 g/mol. The van der Waals surface area contributed by atoms with Crippen molar-refractivity contribution >= 4 is 47.8 Å². The molecule has 632 valence electrons. The van der Waals surface area contributed by atoms with Crippen LogP contribution in [0.2, 0.25) is 0 Å². The molecule has 0 aromatic heterocycles. The van der Waals surface area contributed by atoms with E-state index in [0.29, 0.717) is 0 Å². The first-order valence-electron chi connectivity index (χ1n) is 27.1. The van der Waals surface area contributed by atoms with E-state index in [-0.39, 0.29) is 37.5 Å². The fourth-order valence-electron chi connectivity index (χ4n) is 6.40. The number of halogens is 39. The van der Waals surface area contributed by atoms with Crippen LogP contribution in [0.3, 0.4) is 0 Å². The zero-order chi connectivity index (χ0) is 87.2. The Kier molecular flexibility index (Phi) is 35.1. The third-order valence-corrected chi connectivity index (χ3v) is 11.9. The van der Waals surface area contributed by atoms with Crippen molar-refractivity contribution < 1.29 is 252 Å². The van der Waals surface area contributed by atoms with E-state index < -0.39 is 245 Å². The van der Waals surface area contributed by atoms with E-state index in [2.05, 4.69) is 62.4 Å². The fraction of sp³-hybridized carbons (Fsp3) is 0.731. The van der Waals surface area contributed by atoms with Gasteiger partial charge in [-0.1, -0.05) is 19.7 Å². The molecular formula is C52H49F39O17. The SMILES string of the molecule is C=C(C)C(=O)OCC(=O)OCC(CC(F)(F)C(F)(F)C(F)(C(F)(F)F)C(F)(F)F)OC(=O)C(C)(F)F.C=C(C)C(=O)OCCOC(=O)CC(CC(F)(F)C(F)(F)C(F)(C(F)(F)F)C(F)(F)F)OC(=O)C(C)(F)F.C=C(C)C(=O)OCCOCC(CC(F)(F)C(F)(F)C(F)(C(F)(F)F)C(F)(F)F)OC(=O)C(C)(F)F. The van der Waals surface area contributed by atoms with Gasteiger partial charge in [0.2, 0.25) is 0 Å². The molecule has 0 radical (unpaired) electrons. The zero-order valence-electron chi connectivity index (χ0n) is 53.8. The first kappa shape index (κ1) is 104. The molecule has 108 heavy (non-hydrogen) atoms. The molecule has 0 aromatic rings. The quantitative estimate of drug-likeness (QED) is 0.0189. The number of rotatable bonds is 35. The van der Waals surface area contributed by atoms with Gasteiger partial charge in [-0.25, -0.2) is 46.7 Å². The van der Waals surface area contributed by atoms with Crippen LogP contribution in [-0.4, -0.2) is 220 Å². The standard InChI is InChI=1S/C18H17F13O6.C17H15F13O6.C17H17F13O5/c1-8(2)11(33)36-5-4-35-10(32)6-9(37-12(34)13(3,19)20)7-14(21,22)16(24,25)15(23,17(26,27)28)18(29,30)31;1-7(2)10(32)35-6-9(31)34-5-8(36-11(33)12(3,18)19)4-13(20,21)15(23,24)14(22,16(25,26)27)17(28,29)30;1-8(2)10(31)34-5-4-33-7-9(35-11(32)12(3,18)19)6-13(20,21)15(23,24)14(22,16(25,26)27)17(28,29)30/h9H,1,4-7H2,2-3H3;8H,1,4-6H2,2-3H3;9H,1,4-7H2,2-3H3. The lowest BCUT2D eigenvalue weighted by Crippen LogP contribution is -2.70. The molecule has 0 saturated heterocycles. The summed E-state index contributed by atoms with van der Waals surface area (Å²) in [6.45, 7) is 4.16. The van der Waals surface area contributed by atoms with Gasteiger partial charge in [-0.3, -0.25) is 4.79 Å². The summed E-state index contributed by atoms with van der Waals surface area (Å²) >= 11 is 0. The van der Waals surface area contributed by atoms with E-state index in [1.165, 1.54) is 13.8 Å². The highest BCUT2D eigenvalue weighted by atomic mass is 19.5. The number of esters is 8. The highest BCUT2D eigenvalue weighted by Crippen LogP contribution is 2.63. The number of ether oxygens (including phenoxy) is 9. The fourth-order valence-corrected chi connectivity index (χ4v) is 6.40. The van der Waals surface area contributed by atoms with Gasteiger partial charge in [0.1, 0.15) is 44.7 Å². The van der Waals surface area contributed by atoms with E-state index in [1.54, 1.807) is 0 Å². The zero-order valence-corrected chi connectivity index (χ0v) is 53.8. The molecule has 0 spiro atoms. The lowest BCUT2D eigenvalue weighted by atomic mass is 9.87. The second-order valence-corrected chi connectivity index (χ2v) is 21.5. The largest absolute Gasteiger partial charge is 0.462 e. The third kappa shape index (κ3) is 26.8. The van der Waals surface area contributed by atoms with Crippen molar-refractivity contribution in [3.05, 3.63) is 36.5 Å². The van der Waals surface area contributed by atoms with Crippen LogP contribution >= 0.6 is 0 Å². The minimum absolute atomic E-state index is 0.132. The number of carbonyl (C=O) groups is 8. The van der Waals surface area contributed by atoms with Crippen molar-refractivity contribution in [1.82, 2.24) is 0 Å². The predicted molar refractivity (Wildman–Crippen MR) is 268 cm³/mol. The van der Waals surface area contributed by atoms with Gasteiger partial charge >= 0.3 is 155 Å². The summed E-state index contributed by atoms with van der Waals surface area (Å²) < 4.78 is 550. The summed E-state index contributed by atoms with van der Waals surface area (Å²) in [5.41, 5.74) is -24.0. The van der Waals surface area contributed by atoms with Gasteiger partial charge < -0.3 is 42.6 Å².